The summed E-state index contributed by atoms with van der Waals surface area (Å²) in [6.45, 7) is 2.05. The summed E-state index contributed by atoms with van der Waals surface area (Å²) >= 11 is 0. The molecule has 2 aromatic carbocycles. The fraction of sp³-hybridized carbons (Fsp3) is 0.294. The highest BCUT2D eigenvalue weighted by atomic mass is 19.2. The number of benzene rings is 2. The summed E-state index contributed by atoms with van der Waals surface area (Å²) in [6.07, 6.45) is 1.25. The first-order valence-corrected chi connectivity index (χ1v) is 6.69. The summed E-state index contributed by atoms with van der Waals surface area (Å²) in [5, 5.41) is 9.50. The number of hydrogen-bond acceptors (Lipinski definition) is 1. The van der Waals surface area contributed by atoms with Crippen LogP contribution >= 0.6 is 0 Å². The summed E-state index contributed by atoms with van der Waals surface area (Å²) in [4.78, 5) is 0. The van der Waals surface area contributed by atoms with E-state index in [0.717, 1.165) is 12.5 Å². The average Bonchev–Trinajstić information content (AvgIpc) is 2.44. The van der Waals surface area contributed by atoms with Gasteiger partial charge in [-0.25, -0.2) is 8.78 Å². The van der Waals surface area contributed by atoms with E-state index in [2.05, 4.69) is 0 Å². The molecular formula is C17H18F2O. The van der Waals surface area contributed by atoms with E-state index in [1.807, 2.05) is 31.2 Å². The van der Waals surface area contributed by atoms with Crippen molar-refractivity contribution >= 4 is 0 Å². The van der Waals surface area contributed by atoms with Crippen LogP contribution in [-0.2, 0) is 12.8 Å². The van der Waals surface area contributed by atoms with Gasteiger partial charge in [-0.3, -0.25) is 0 Å². The van der Waals surface area contributed by atoms with Crippen molar-refractivity contribution < 1.29 is 13.9 Å². The van der Waals surface area contributed by atoms with Gasteiger partial charge in [0.25, 0.3) is 0 Å². The van der Waals surface area contributed by atoms with Crippen molar-refractivity contribution in [1.29, 1.82) is 0 Å². The smallest absolute Gasteiger partial charge is 0.159 e. The number of hydrogen-bond donors (Lipinski definition) is 1. The zero-order valence-corrected chi connectivity index (χ0v) is 11.4. The number of aliphatic hydroxyl groups is 1. The summed E-state index contributed by atoms with van der Waals surface area (Å²) in [6, 6.07) is 11.9. The molecule has 0 bridgehead atoms. The van der Waals surface area contributed by atoms with Crippen molar-refractivity contribution in [3.05, 3.63) is 70.8 Å². The van der Waals surface area contributed by atoms with Gasteiger partial charge >= 0.3 is 0 Å². The molecule has 0 aliphatic rings. The van der Waals surface area contributed by atoms with Crippen molar-refractivity contribution in [1.82, 2.24) is 0 Å². The lowest BCUT2D eigenvalue weighted by atomic mass is 9.91. The predicted molar refractivity (Wildman–Crippen MR) is 75.5 cm³/mol. The molecule has 1 N–H and O–H groups in total. The van der Waals surface area contributed by atoms with Gasteiger partial charge in [-0.1, -0.05) is 30.3 Å². The first-order chi connectivity index (χ1) is 9.60. The molecule has 0 radical (unpaired) electrons. The molecule has 106 valence electrons. The van der Waals surface area contributed by atoms with Crippen LogP contribution in [0.1, 0.15) is 16.7 Å². The SMILES string of the molecule is Cc1ccccc1CC(CO)Cc1ccc(F)c(F)c1. The molecular weight excluding hydrogens is 258 g/mol. The third kappa shape index (κ3) is 3.64. The van der Waals surface area contributed by atoms with Crippen LogP contribution in [0.15, 0.2) is 42.5 Å². The van der Waals surface area contributed by atoms with E-state index in [9.17, 15) is 13.9 Å². The summed E-state index contributed by atoms with van der Waals surface area (Å²) in [7, 11) is 0. The summed E-state index contributed by atoms with van der Waals surface area (Å²) < 4.78 is 26.1. The van der Waals surface area contributed by atoms with Gasteiger partial charge in [-0.15, -0.1) is 0 Å². The molecule has 0 saturated heterocycles. The van der Waals surface area contributed by atoms with Crippen LogP contribution in [0.4, 0.5) is 8.78 Å². The molecule has 0 spiro atoms. The quantitative estimate of drug-likeness (QED) is 0.883. The van der Waals surface area contributed by atoms with Crippen LogP contribution < -0.4 is 0 Å². The van der Waals surface area contributed by atoms with Gasteiger partial charge in [0, 0.05) is 6.61 Å². The number of aryl methyl sites for hydroxylation is 1. The van der Waals surface area contributed by atoms with Crippen LogP contribution in [0.2, 0.25) is 0 Å². The first-order valence-electron chi connectivity index (χ1n) is 6.69. The molecule has 1 nitrogen and oxygen atoms in total. The van der Waals surface area contributed by atoms with Gasteiger partial charge in [0.1, 0.15) is 0 Å². The average molecular weight is 276 g/mol. The van der Waals surface area contributed by atoms with Crippen LogP contribution in [-0.4, -0.2) is 11.7 Å². The second-order valence-electron chi connectivity index (χ2n) is 5.13. The lowest BCUT2D eigenvalue weighted by molar-refractivity contribution is 0.224. The van der Waals surface area contributed by atoms with Crippen molar-refractivity contribution in [2.75, 3.05) is 6.61 Å². The van der Waals surface area contributed by atoms with E-state index >= 15 is 0 Å². The van der Waals surface area contributed by atoms with Gasteiger partial charge in [-0.05, 0) is 54.5 Å². The van der Waals surface area contributed by atoms with Crippen molar-refractivity contribution in [3.8, 4) is 0 Å². The van der Waals surface area contributed by atoms with E-state index in [1.54, 1.807) is 6.07 Å². The van der Waals surface area contributed by atoms with E-state index in [1.165, 1.54) is 17.2 Å². The summed E-state index contributed by atoms with van der Waals surface area (Å²) in [5.74, 6) is -1.68. The Bertz CT molecular complexity index is 581. The Kier molecular flexibility index (Phi) is 4.85. The molecule has 0 heterocycles. The second-order valence-corrected chi connectivity index (χ2v) is 5.13. The molecule has 3 heteroatoms. The van der Waals surface area contributed by atoms with Crippen molar-refractivity contribution in [2.45, 2.75) is 19.8 Å². The Labute approximate surface area is 117 Å². The van der Waals surface area contributed by atoms with Crippen LogP contribution in [0.5, 0.6) is 0 Å². The lowest BCUT2D eigenvalue weighted by Crippen LogP contribution is -2.14. The highest BCUT2D eigenvalue weighted by Crippen LogP contribution is 2.18. The topological polar surface area (TPSA) is 20.2 Å². The first kappa shape index (κ1) is 14.7. The monoisotopic (exact) mass is 276 g/mol. The number of aliphatic hydroxyl groups excluding tert-OH is 1. The zero-order chi connectivity index (χ0) is 14.5. The molecule has 0 fully saturated rings. The highest BCUT2D eigenvalue weighted by molar-refractivity contribution is 5.26. The van der Waals surface area contributed by atoms with E-state index in [-0.39, 0.29) is 12.5 Å². The minimum absolute atomic E-state index is 0.000890. The van der Waals surface area contributed by atoms with Gasteiger partial charge in [0.05, 0.1) is 0 Å². The Morgan fingerprint density at radius 3 is 2.40 bits per heavy atom. The van der Waals surface area contributed by atoms with E-state index < -0.39 is 11.6 Å². The van der Waals surface area contributed by atoms with E-state index in [4.69, 9.17) is 0 Å². The molecule has 0 aliphatic carbocycles. The molecule has 0 amide bonds. The van der Waals surface area contributed by atoms with Crippen LogP contribution in [0.3, 0.4) is 0 Å². The standard InChI is InChI=1S/C17H18F2O/c1-12-4-2-3-5-15(12)9-14(11-20)8-13-6-7-16(18)17(19)10-13/h2-7,10,14,20H,8-9,11H2,1H3. The maximum absolute atomic E-state index is 13.2. The lowest BCUT2D eigenvalue weighted by Gasteiger charge is -2.16. The fourth-order valence-electron chi connectivity index (χ4n) is 2.35. The van der Waals surface area contributed by atoms with Gasteiger partial charge in [0.15, 0.2) is 11.6 Å². The number of rotatable bonds is 5. The predicted octanol–water partition coefficient (Wildman–Crippen LogP) is 3.67. The fourth-order valence-corrected chi connectivity index (χ4v) is 2.35. The van der Waals surface area contributed by atoms with Gasteiger partial charge < -0.3 is 5.11 Å². The Balaban J connectivity index is 2.09. The minimum atomic E-state index is -0.840. The second kappa shape index (κ2) is 6.62. The molecule has 0 aliphatic heterocycles. The van der Waals surface area contributed by atoms with E-state index in [0.29, 0.717) is 12.0 Å². The Morgan fingerprint density at radius 1 is 1.00 bits per heavy atom. The van der Waals surface area contributed by atoms with Crippen LogP contribution in [0, 0.1) is 24.5 Å². The molecule has 2 aromatic rings. The van der Waals surface area contributed by atoms with Gasteiger partial charge in [0.2, 0.25) is 0 Å². The normalized spacial score (nSPS) is 12.4. The third-order valence-corrected chi connectivity index (χ3v) is 3.54. The molecule has 20 heavy (non-hydrogen) atoms. The maximum Gasteiger partial charge on any atom is 0.159 e. The van der Waals surface area contributed by atoms with Crippen LogP contribution in [0.25, 0.3) is 0 Å². The minimum Gasteiger partial charge on any atom is -0.396 e. The molecule has 2 rings (SSSR count). The summed E-state index contributed by atoms with van der Waals surface area (Å²) in [5.41, 5.74) is 3.06. The zero-order valence-electron chi connectivity index (χ0n) is 11.4. The Hall–Kier alpha value is -1.74. The van der Waals surface area contributed by atoms with Crippen molar-refractivity contribution in [3.63, 3.8) is 0 Å². The Morgan fingerprint density at radius 2 is 1.75 bits per heavy atom. The highest BCUT2D eigenvalue weighted by Gasteiger charge is 2.12. The third-order valence-electron chi connectivity index (χ3n) is 3.54. The molecule has 1 atom stereocenters. The number of halogens is 2. The largest absolute Gasteiger partial charge is 0.396 e. The molecule has 1 unspecified atom stereocenters. The maximum atomic E-state index is 13.2. The molecule has 0 saturated carbocycles. The van der Waals surface area contributed by atoms with Gasteiger partial charge in [-0.2, -0.15) is 0 Å². The van der Waals surface area contributed by atoms with Crippen molar-refractivity contribution in [2.24, 2.45) is 5.92 Å². The molecule has 0 aromatic heterocycles.